The monoisotopic (exact) mass is 609 g/mol. The summed E-state index contributed by atoms with van der Waals surface area (Å²) in [5.41, 5.74) is 2.71. The normalized spacial score (nSPS) is 15.2. The molecule has 5 rings (SSSR count). The number of hydrogen-bond donors (Lipinski definition) is 1. The fraction of sp³-hybridized carbons (Fsp3) is 0.276. The van der Waals surface area contributed by atoms with Crippen LogP contribution in [-0.2, 0) is 10.5 Å². The van der Waals surface area contributed by atoms with Gasteiger partial charge in [-0.3, -0.25) is 14.5 Å². The van der Waals surface area contributed by atoms with Crippen LogP contribution in [0.25, 0.3) is 0 Å². The van der Waals surface area contributed by atoms with E-state index in [1.54, 1.807) is 32.0 Å². The van der Waals surface area contributed by atoms with Crippen LogP contribution in [0.1, 0.15) is 51.4 Å². The average Bonchev–Trinajstić information content (AvgIpc) is 3.64. The molecule has 212 valence electrons. The number of aryl methyl sites for hydroxylation is 2. The van der Waals surface area contributed by atoms with Crippen molar-refractivity contribution in [2.45, 2.75) is 43.8 Å². The molecular weight excluding hydrogens is 582 g/mol. The Hall–Kier alpha value is -3.61. The van der Waals surface area contributed by atoms with E-state index >= 15 is 0 Å². The van der Waals surface area contributed by atoms with Crippen LogP contribution >= 0.6 is 34.4 Å². The molecule has 0 saturated heterocycles. The number of anilines is 2. The molecule has 41 heavy (non-hydrogen) atoms. The Labute approximate surface area is 249 Å². The number of halogens is 1. The lowest BCUT2D eigenvalue weighted by molar-refractivity contribution is -0.117. The van der Waals surface area contributed by atoms with Crippen LogP contribution in [-0.4, -0.2) is 45.1 Å². The molecule has 1 unspecified atom stereocenters. The van der Waals surface area contributed by atoms with Gasteiger partial charge >= 0.3 is 0 Å². The summed E-state index contributed by atoms with van der Waals surface area (Å²) >= 11 is 3.67. The van der Waals surface area contributed by atoms with E-state index in [9.17, 15) is 19.1 Å². The Morgan fingerprint density at radius 2 is 1.78 bits per heavy atom. The Morgan fingerprint density at radius 1 is 1.07 bits per heavy atom. The number of benzene rings is 2. The number of amides is 1. The maximum absolute atomic E-state index is 14.1. The largest absolute Gasteiger partial charge is 0.503 e. The minimum absolute atomic E-state index is 0.0203. The van der Waals surface area contributed by atoms with Gasteiger partial charge in [-0.25, -0.2) is 9.37 Å². The van der Waals surface area contributed by atoms with Crippen LogP contribution in [0.4, 0.5) is 15.2 Å². The number of aromatic nitrogens is 3. The third kappa shape index (κ3) is 5.64. The summed E-state index contributed by atoms with van der Waals surface area (Å²) in [6.45, 7) is 9.35. The van der Waals surface area contributed by atoms with Gasteiger partial charge in [-0.1, -0.05) is 53.4 Å². The van der Waals surface area contributed by atoms with Crippen LogP contribution < -0.4 is 9.80 Å². The molecule has 4 aromatic rings. The molecule has 1 amide bonds. The van der Waals surface area contributed by atoms with Gasteiger partial charge in [0.1, 0.15) is 5.82 Å². The summed E-state index contributed by atoms with van der Waals surface area (Å²) in [4.78, 5) is 35.7. The third-order valence-corrected chi connectivity index (χ3v) is 9.99. The first-order valence-electron chi connectivity index (χ1n) is 13.0. The molecule has 12 heteroatoms. The number of ketones is 1. The molecule has 0 bridgehead atoms. The fourth-order valence-electron chi connectivity index (χ4n) is 4.78. The summed E-state index contributed by atoms with van der Waals surface area (Å²) in [5.74, 6) is -1.76. The lowest BCUT2D eigenvalue weighted by Gasteiger charge is -2.25. The van der Waals surface area contributed by atoms with Gasteiger partial charge in [0.05, 0.1) is 27.2 Å². The SMILES string of the molecule is CCN(CC)c1ccc(C2C(C(=O)c3sc(C)nc3C)=C(O)C(=O)N2c2nnc(SCc3ccccc3F)s2)cc1. The van der Waals surface area contributed by atoms with E-state index in [1.807, 2.05) is 24.3 Å². The maximum atomic E-state index is 14.1. The lowest BCUT2D eigenvalue weighted by Crippen LogP contribution is -2.31. The molecule has 0 radical (unpaired) electrons. The highest BCUT2D eigenvalue weighted by atomic mass is 32.2. The topological polar surface area (TPSA) is 99.5 Å². The highest BCUT2D eigenvalue weighted by Crippen LogP contribution is 2.45. The molecule has 2 aromatic heterocycles. The van der Waals surface area contributed by atoms with E-state index in [1.165, 1.54) is 34.1 Å². The summed E-state index contributed by atoms with van der Waals surface area (Å²) in [6, 6.07) is 13.2. The van der Waals surface area contributed by atoms with Crippen LogP contribution in [0.3, 0.4) is 0 Å². The zero-order chi connectivity index (χ0) is 29.3. The number of hydrogen-bond acceptors (Lipinski definition) is 10. The Kier molecular flexibility index (Phi) is 8.52. The molecular formula is C29H28FN5O3S3. The number of thiazole rings is 1. The molecule has 0 fully saturated rings. The molecule has 0 aliphatic carbocycles. The second-order valence-corrected chi connectivity index (χ2v) is 12.7. The predicted octanol–water partition coefficient (Wildman–Crippen LogP) is 6.67. The molecule has 2 aromatic carbocycles. The minimum Gasteiger partial charge on any atom is -0.503 e. The van der Waals surface area contributed by atoms with Gasteiger partial charge in [0, 0.05) is 24.5 Å². The van der Waals surface area contributed by atoms with Crippen molar-refractivity contribution in [3.8, 4) is 0 Å². The highest BCUT2D eigenvalue weighted by molar-refractivity contribution is 8.00. The van der Waals surface area contributed by atoms with E-state index in [0.717, 1.165) is 30.1 Å². The molecule has 0 saturated carbocycles. The van der Waals surface area contributed by atoms with E-state index in [4.69, 9.17) is 0 Å². The van der Waals surface area contributed by atoms with Gasteiger partial charge in [-0.15, -0.1) is 21.5 Å². The summed E-state index contributed by atoms with van der Waals surface area (Å²) < 4.78 is 14.6. The first kappa shape index (κ1) is 28.9. The minimum atomic E-state index is -0.917. The van der Waals surface area contributed by atoms with Gasteiger partial charge < -0.3 is 10.0 Å². The number of aliphatic hydroxyl groups excluding tert-OH is 1. The molecule has 1 aliphatic rings. The van der Waals surface area contributed by atoms with E-state index in [-0.39, 0.29) is 16.5 Å². The Balaban J connectivity index is 1.52. The summed E-state index contributed by atoms with van der Waals surface area (Å²) in [6.07, 6.45) is 0. The average molecular weight is 610 g/mol. The first-order valence-corrected chi connectivity index (χ1v) is 15.6. The van der Waals surface area contributed by atoms with Crippen molar-refractivity contribution in [2.24, 2.45) is 0 Å². The van der Waals surface area contributed by atoms with Gasteiger partial charge in [0.15, 0.2) is 10.1 Å². The second kappa shape index (κ2) is 12.1. The predicted molar refractivity (Wildman–Crippen MR) is 162 cm³/mol. The van der Waals surface area contributed by atoms with Crippen molar-refractivity contribution < 1.29 is 19.1 Å². The number of Topliss-reactive ketones (excluding diaryl/α,β-unsaturated/α-hetero) is 1. The molecule has 1 N–H and O–H groups in total. The Bertz CT molecular complexity index is 1630. The third-order valence-electron chi connectivity index (χ3n) is 6.81. The second-order valence-electron chi connectivity index (χ2n) is 9.31. The lowest BCUT2D eigenvalue weighted by atomic mass is 9.95. The van der Waals surface area contributed by atoms with Crippen LogP contribution in [0.2, 0.25) is 0 Å². The first-order chi connectivity index (χ1) is 19.7. The van der Waals surface area contributed by atoms with Crippen molar-refractivity contribution in [1.82, 2.24) is 15.2 Å². The number of carbonyl (C=O) groups excluding carboxylic acids is 2. The highest BCUT2D eigenvalue weighted by Gasteiger charge is 2.46. The fourth-order valence-corrected chi connectivity index (χ4v) is 7.51. The Morgan fingerprint density at radius 3 is 2.41 bits per heavy atom. The number of rotatable bonds is 10. The molecule has 0 spiro atoms. The smallest absolute Gasteiger partial charge is 0.296 e. The van der Waals surface area contributed by atoms with Gasteiger partial charge in [0.2, 0.25) is 10.9 Å². The molecule has 8 nitrogen and oxygen atoms in total. The van der Waals surface area contributed by atoms with Crippen molar-refractivity contribution >= 4 is 56.9 Å². The number of nitrogens with zero attached hydrogens (tertiary/aromatic N) is 5. The molecule has 1 atom stereocenters. The van der Waals surface area contributed by atoms with Crippen LogP contribution in [0.5, 0.6) is 0 Å². The van der Waals surface area contributed by atoms with Gasteiger partial charge in [0.25, 0.3) is 5.91 Å². The van der Waals surface area contributed by atoms with Crippen molar-refractivity contribution in [1.29, 1.82) is 0 Å². The van der Waals surface area contributed by atoms with E-state index < -0.39 is 23.5 Å². The number of aliphatic hydroxyl groups is 1. The zero-order valence-corrected chi connectivity index (χ0v) is 25.4. The quantitative estimate of drug-likeness (QED) is 0.121. The zero-order valence-electron chi connectivity index (χ0n) is 22.9. The summed E-state index contributed by atoms with van der Waals surface area (Å²) in [7, 11) is 0. The van der Waals surface area contributed by atoms with Crippen LogP contribution in [0, 0.1) is 19.7 Å². The number of thioether (sulfide) groups is 1. The van der Waals surface area contributed by atoms with Crippen molar-refractivity contribution in [3.05, 3.63) is 92.4 Å². The van der Waals surface area contributed by atoms with Crippen LogP contribution in [0.15, 0.2) is 64.2 Å². The van der Waals surface area contributed by atoms with E-state index in [2.05, 4.69) is 33.9 Å². The maximum Gasteiger partial charge on any atom is 0.296 e. The van der Waals surface area contributed by atoms with Gasteiger partial charge in [-0.2, -0.15) is 0 Å². The number of carbonyl (C=O) groups is 2. The van der Waals surface area contributed by atoms with E-state index in [0.29, 0.717) is 36.8 Å². The molecule has 1 aliphatic heterocycles. The van der Waals surface area contributed by atoms with Crippen molar-refractivity contribution in [2.75, 3.05) is 22.9 Å². The van der Waals surface area contributed by atoms with Gasteiger partial charge in [-0.05, 0) is 57.0 Å². The summed E-state index contributed by atoms with van der Waals surface area (Å²) in [5, 5.41) is 20.5. The standard InChI is InChI=1S/C29H28FN5O3S3/c1-5-34(6-2)20-13-11-18(12-14-20)23-22(24(36)26-16(3)31-17(4)40-26)25(37)27(38)35(23)28-32-33-29(41-28)39-15-19-9-7-8-10-21(19)30/h7-14,23,37H,5-6,15H2,1-4H3. The van der Waals surface area contributed by atoms with Crippen molar-refractivity contribution in [3.63, 3.8) is 0 Å². The molecule has 3 heterocycles.